The SMILES string of the molecule is C#Cc1cc(-c2ccc(F)cc2)ccc1[N+](=O)[O-]. The van der Waals surface area contributed by atoms with Crippen LogP contribution in [0.1, 0.15) is 5.56 Å². The molecule has 2 aromatic rings. The van der Waals surface area contributed by atoms with Crippen LogP contribution in [0.4, 0.5) is 10.1 Å². The Hall–Kier alpha value is -2.67. The fourth-order valence-electron chi connectivity index (χ4n) is 1.63. The lowest BCUT2D eigenvalue weighted by Gasteiger charge is -2.03. The first-order valence-electron chi connectivity index (χ1n) is 5.13. The van der Waals surface area contributed by atoms with Crippen LogP contribution in [-0.4, -0.2) is 4.92 Å². The van der Waals surface area contributed by atoms with Crippen molar-refractivity contribution < 1.29 is 9.31 Å². The Morgan fingerprint density at radius 1 is 1.11 bits per heavy atom. The monoisotopic (exact) mass is 241 g/mol. The first-order chi connectivity index (χ1) is 8.61. The molecule has 2 aromatic carbocycles. The van der Waals surface area contributed by atoms with Crippen LogP contribution in [0.25, 0.3) is 11.1 Å². The zero-order chi connectivity index (χ0) is 13.1. The second kappa shape index (κ2) is 4.68. The normalized spacial score (nSPS) is 9.78. The first-order valence-corrected chi connectivity index (χ1v) is 5.13. The van der Waals surface area contributed by atoms with Crippen molar-refractivity contribution in [3.05, 3.63) is 64.0 Å². The van der Waals surface area contributed by atoms with Gasteiger partial charge in [0, 0.05) is 6.07 Å². The number of rotatable bonds is 2. The fraction of sp³-hybridized carbons (Fsp3) is 0. The molecule has 3 nitrogen and oxygen atoms in total. The summed E-state index contributed by atoms with van der Waals surface area (Å²) in [5.74, 6) is 1.95. The van der Waals surface area contributed by atoms with E-state index < -0.39 is 4.92 Å². The molecule has 0 aliphatic heterocycles. The molecule has 0 aliphatic rings. The molecule has 18 heavy (non-hydrogen) atoms. The molecule has 0 atom stereocenters. The molecule has 0 aliphatic carbocycles. The fourth-order valence-corrected chi connectivity index (χ4v) is 1.63. The Balaban J connectivity index is 2.51. The highest BCUT2D eigenvalue weighted by Crippen LogP contribution is 2.26. The maximum atomic E-state index is 12.8. The van der Waals surface area contributed by atoms with Gasteiger partial charge in [-0.25, -0.2) is 4.39 Å². The second-order valence-corrected chi connectivity index (χ2v) is 3.64. The van der Waals surface area contributed by atoms with E-state index in [0.717, 1.165) is 5.56 Å². The molecule has 0 bridgehead atoms. The minimum atomic E-state index is -0.524. The Bertz CT molecular complexity index is 642. The third-order valence-corrected chi connectivity index (χ3v) is 2.53. The van der Waals surface area contributed by atoms with Gasteiger partial charge in [0.15, 0.2) is 0 Å². The molecule has 88 valence electrons. The summed E-state index contributed by atoms with van der Waals surface area (Å²) < 4.78 is 12.8. The minimum absolute atomic E-state index is 0.108. The van der Waals surface area contributed by atoms with Crippen LogP contribution in [0.15, 0.2) is 42.5 Å². The highest BCUT2D eigenvalue weighted by molar-refractivity contribution is 5.68. The van der Waals surface area contributed by atoms with Gasteiger partial charge in [-0.1, -0.05) is 18.1 Å². The smallest absolute Gasteiger partial charge is 0.258 e. The minimum Gasteiger partial charge on any atom is -0.258 e. The maximum Gasteiger partial charge on any atom is 0.284 e. The number of terminal acetylenes is 1. The van der Waals surface area contributed by atoms with Crippen molar-refractivity contribution in [1.82, 2.24) is 0 Å². The number of hydrogen-bond donors (Lipinski definition) is 0. The molecule has 0 radical (unpaired) electrons. The van der Waals surface area contributed by atoms with Gasteiger partial charge in [-0.2, -0.15) is 0 Å². The molecule has 0 aromatic heterocycles. The molecule has 0 amide bonds. The molecule has 0 fully saturated rings. The van der Waals surface area contributed by atoms with E-state index >= 15 is 0 Å². The highest BCUT2D eigenvalue weighted by atomic mass is 19.1. The van der Waals surface area contributed by atoms with Gasteiger partial charge < -0.3 is 0 Å². The molecule has 2 rings (SSSR count). The lowest BCUT2D eigenvalue weighted by molar-refractivity contribution is -0.385. The van der Waals surface area contributed by atoms with Crippen molar-refractivity contribution in [3.8, 4) is 23.5 Å². The number of halogens is 1. The van der Waals surface area contributed by atoms with Gasteiger partial charge >= 0.3 is 0 Å². The van der Waals surface area contributed by atoms with Gasteiger partial charge in [0.2, 0.25) is 0 Å². The van der Waals surface area contributed by atoms with E-state index in [0.29, 0.717) is 5.56 Å². The van der Waals surface area contributed by atoms with E-state index in [9.17, 15) is 14.5 Å². The molecule has 0 heterocycles. The Morgan fingerprint density at radius 2 is 1.72 bits per heavy atom. The zero-order valence-corrected chi connectivity index (χ0v) is 9.26. The van der Waals surface area contributed by atoms with Crippen molar-refractivity contribution in [2.24, 2.45) is 0 Å². The van der Waals surface area contributed by atoms with Crippen LogP contribution < -0.4 is 0 Å². The van der Waals surface area contributed by atoms with Crippen LogP contribution in [-0.2, 0) is 0 Å². The topological polar surface area (TPSA) is 43.1 Å². The van der Waals surface area contributed by atoms with Gasteiger partial charge in [-0.05, 0) is 35.4 Å². The summed E-state index contributed by atoms with van der Waals surface area (Å²) >= 11 is 0. The second-order valence-electron chi connectivity index (χ2n) is 3.64. The van der Waals surface area contributed by atoms with Crippen LogP contribution in [0.3, 0.4) is 0 Å². The maximum absolute atomic E-state index is 12.8. The Kier molecular flexibility index (Phi) is 3.07. The van der Waals surface area contributed by atoms with Gasteiger partial charge in [-0.15, -0.1) is 6.42 Å². The van der Waals surface area contributed by atoms with Crippen molar-refractivity contribution >= 4 is 5.69 Å². The van der Waals surface area contributed by atoms with Crippen LogP contribution in [0, 0.1) is 28.3 Å². The number of nitro groups is 1. The van der Waals surface area contributed by atoms with Gasteiger partial charge in [0.1, 0.15) is 11.4 Å². The summed E-state index contributed by atoms with van der Waals surface area (Å²) in [6.07, 6.45) is 5.25. The summed E-state index contributed by atoms with van der Waals surface area (Å²) in [7, 11) is 0. The van der Waals surface area contributed by atoms with Gasteiger partial charge in [0.05, 0.1) is 4.92 Å². The molecule has 0 N–H and O–H groups in total. The molecule has 0 unspecified atom stereocenters. The summed E-state index contributed by atoms with van der Waals surface area (Å²) in [5, 5.41) is 10.7. The van der Waals surface area contributed by atoms with Crippen molar-refractivity contribution in [2.45, 2.75) is 0 Å². The summed E-state index contributed by atoms with van der Waals surface area (Å²) in [5.41, 5.74) is 1.57. The predicted molar refractivity (Wildman–Crippen MR) is 66.4 cm³/mol. The molecule has 0 saturated carbocycles. The standard InChI is InChI=1S/C14H8FNO2/c1-2-10-9-12(5-8-14(10)16(17)18)11-3-6-13(15)7-4-11/h1,3-9H. The Morgan fingerprint density at radius 3 is 2.28 bits per heavy atom. The van der Waals surface area contributed by atoms with E-state index in [2.05, 4.69) is 5.92 Å². The Labute approximate surface area is 103 Å². The van der Waals surface area contributed by atoms with E-state index in [-0.39, 0.29) is 17.1 Å². The predicted octanol–water partition coefficient (Wildman–Crippen LogP) is 3.38. The van der Waals surface area contributed by atoms with Crippen molar-refractivity contribution in [1.29, 1.82) is 0 Å². The van der Waals surface area contributed by atoms with Crippen LogP contribution in [0.2, 0.25) is 0 Å². The quantitative estimate of drug-likeness (QED) is 0.459. The van der Waals surface area contributed by atoms with E-state index in [1.807, 2.05) is 0 Å². The highest BCUT2D eigenvalue weighted by Gasteiger charge is 2.12. The summed E-state index contributed by atoms with van der Waals surface area (Å²) in [6.45, 7) is 0. The summed E-state index contributed by atoms with van der Waals surface area (Å²) in [6, 6.07) is 10.3. The molecule has 4 heteroatoms. The first kappa shape index (κ1) is 11.8. The third kappa shape index (κ3) is 2.20. The lowest BCUT2D eigenvalue weighted by atomic mass is 10.0. The molecular formula is C14H8FNO2. The number of benzene rings is 2. The third-order valence-electron chi connectivity index (χ3n) is 2.53. The lowest BCUT2D eigenvalue weighted by Crippen LogP contribution is -1.92. The number of nitrogens with zero attached hydrogens (tertiary/aromatic N) is 1. The average Bonchev–Trinajstić information content (AvgIpc) is 2.38. The van der Waals surface area contributed by atoms with Gasteiger partial charge in [-0.3, -0.25) is 10.1 Å². The van der Waals surface area contributed by atoms with Gasteiger partial charge in [0.25, 0.3) is 5.69 Å². The van der Waals surface area contributed by atoms with E-state index in [1.165, 1.54) is 18.2 Å². The average molecular weight is 241 g/mol. The molecular weight excluding hydrogens is 233 g/mol. The van der Waals surface area contributed by atoms with Crippen molar-refractivity contribution in [2.75, 3.05) is 0 Å². The van der Waals surface area contributed by atoms with E-state index in [1.54, 1.807) is 24.3 Å². The van der Waals surface area contributed by atoms with Crippen molar-refractivity contribution in [3.63, 3.8) is 0 Å². The van der Waals surface area contributed by atoms with Crippen LogP contribution >= 0.6 is 0 Å². The number of nitro benzene ring substituents is 1. The summed E-state index contributed by atoms with van der Waals surface area (Å²) in [4.78, 5) is 10.2. The van der Waals surface area contributed by atoms with E-state index in [4.69, 9.17) is 6.42 Å². The number of hydrogen-bond acceptors (Lipinski definition) is 2. The molecule has 0 spiro atoms. The van der Waals surface area contributed by atoms with Crippen LogP contribution in [0.5, 0.6) is 0 Å². The zero-order valence-electron chi connectivity index (χ0n) is 9.26. The largest absolute Gasteiger partial charge is 0.284 e. The molecule has 0 saturated heterocycles.